The molecule has 0 spiro atoms. The van der Waals surface area contributed by atoms with Crippen LogP contribution in [0.25, 0.3) is 0 Å². The minimum atomic E-state index is -3.97. The highest BCUT2D eigenvalue weighted by atomic mass is 35.5. The first kappa shape index (κ1) is 25.2. The van der Waals surface area contributed by atoms with Gasteiger partial charge in [0.1, 0.15) is 11.5 Å². The van der Waals surface area contributed by atoms with Crippen molar-refractivity contribution in [1.82, 2.24) is 5.32 Å². The van der Waals surface area contributed by atoms with Crippen LogP contribution < -0.4 is 19.1 Å². The number of nitrogens with one attached hydrogen (secondary N) is 1. The van der Waals surface area contributed by atoms with Gasteiger partial charge >= 0.3 is 0 Å². The molecular weight excluding hydrogens is 464 g/mol. The van der Waals surface area contributed by atoms with E-state index in [1.807, 2.05) is 0 Å². The molecule has 0 bridgehead atoms. The van der Waals surface area contributed by atoms with Crippen LogP contribution in [0.4, 0.5) is 5.69 Å². The van der Waals surface area contributed by atoms with Crippen LogP contribution in [-0.2, 0) is 14.8 Å². The molecule has 1 aliphatic rings. The number of carbonyl (C=O) groups is 1. The number of anilines is 1. The summed E-state index contributed by atoms with van der Waals surface area (Å²) in [4.78, 5) is 13.0. The molecule has 7 nitrogen and oxygen atoms in total. The number of ether oxygens (including phenoxy) is 2. The third-order valence-corrected chi connectivity index (χ3v) is 7.87. The molecule has 0 fully saturated rings. The van der Waals surface area contributed by atoms with Gasteiger partial charge in [0.05, 0.1) is 24.2 Å². The highest BCUT2D eigenvalue weighted by Gasteiger charge is 2.37. The third-order valence-electron chi connectivity index (χ3n) is 5.84. The number of hydrogen-bond acceptors (Lipinski definition) is 5. The van der Waals surface area contributed by atoms with Crippen LogP contribution in [0.5, 0.6) is 11.5 Å². The van der Waals surface area contributed by atoms with E-state index in [1.165, 1.54) is 29.6 Å². The molecule has 3 rings (SSSR count). The van der Waals surface area contributed by atoms with Gasteiger partial charge in [0.15, 0.2) is 6.10 Å². The molecule has 0 aromatic heterocycles. The van der Waals surface area contributed by atoms with Crippen molar-refractivity contribution in [2.75, 3.05) is 24.5 Å². The molecule has 9 heteroatoms. The average molecular weight is 495 g/mol. The lowest BCUT2D eigenvalue weighted by Gasteiger charge is -2.35. The Morgan fingerprint density at radius 2 is 1.97 bits per heavy atom. The molecule has 1 heterocycles. The molecule has 1 N–H and O–H groups in total. The van der Waals surface area contributed by atoms with Crippen molar-refractivity contribution >= 4 is 33.2 Å². The largest absolute Gasteiger partial charge is 0.497 e. The first-order valence-corrected chi connectivity index (χ1v) is 13.0. The second kappa shape index (κ2) is 11.1. The molecule has 0 unspecified atom stereocenters. The molecule has 2 aromatic rings. The quantitative estimate of drug-likeness (QED) is 0.520. The topological polar surface area (TPSA) is 84.9 Å². The van der Waals surface area contributed by atoms with Crippen molar-refractivity contribution in [1.29, 1.82) is 0 Å². The van der Waals surface area contributed by atoms with Gasteiger partial charge in [0.2, 0.25) is 0 Å². The van der Waals surface area contributed by atoms with Crippen molar-refractivity contribution in [2.45, 2.75) is 50.5 Å². The smallest absolute Gasteiger partial charge is 0.264 e. The number of nitrogens with zero attached hydrogens (tertiary/aromatic N) is 1. The zero-order valence-corrected chi connectivity index (χ0v) is 20.8. The predicted octanol–water partition coefficient (Wildman–Crippen LogP) is 4.64. The second-order valence-corrected chi connectivity index (χ2v) is 10.4. The molecule has 0 saturated heterocycles. The fraction of sp³-hybridized carbons (Fsp3) is 0.458. The van der Waals surface area contributed by atoms with E-state index in [-0.39, 0.29) is 17.3 Å². The van der Waals surface area contributed by atoms with E-state index in [1.54, 1.807) is 24.3 Å². The third kappa shape index (κ3) is 5.92. The first-order valence-electron chi connectivity index (χ1n) is 11.2. The summed E-state index contributed by atoms with van der Waals surface area (Å²) < 4.78 is 39.2. The number of sulfonamides is 1. The van der Waals surface area contributed by atoms with E-state index in [2.05, 4.69) is 19.2 Å². The maximum atomic E-state index is 13.5. The van der Waals surface area contributed by atoms with Gasteiger partial charge in [-0.05, 0) is 54.8 Å². The number of unbranched alkanes of at least 4 members (excludes halogenated alkanes) is 1. The molecule has 1 aliphatic heterocycles. The Morgan fingerprint density at radius 1 is 1.24 bits per heavy atom. The van der Waals surface area contributed by atoms with Crippen LogP contribution in [-0.4, -0.2) is 40.6 Å². The van der Waals surface area contributed by atoms with E-state index >= 15 is 0 Å². The van der Waals surface area contributed by atoms with Crippen molar-refractivity contribution in [3.05, 3.63) is 47.5 Å². The summed E-state index contributed by atoms with van der Waals surface area (Å²) in [7, 11) is -2.46. The summed E-state index contributed by atoms with van der Waals surface area (Å²) in [6, 6.07) is 10.8. The van der Waals surface area contributed by atoms with E-state index in [9.17, 15) is 13.2 Å². The van der Waals surface area contributed by atoms with Gasteiger partial charge in [-0.2, -0.15) is 0 Å². The zero-order chi connectivity index (χ0) is 24.0. The van der Waals surface area contributed by atoms with Crippen molar-refractivity contribution in [3.63, 3.8) is 0 Å². The Labute approximate surface area is 201 Å². The number of methoxy groups -OCH3 is 1. The van der Waals surface area contributed by atoms with Crippen LogP contribution in [0.2, 0.25) is 5.02 Å². The Balaban J connectivity index is 1.85. The fourth-order valence-corrected chi connectivity index (χ4v) is 5.40. The molecule has 2 aromatic carbocycles. The van der Waals surface area contributed by atoms with Crippen LogP contribution in [0.3, 0.4) is 0 Å². The molecule has 0 aliphatic carbocycles. The predicted molar refractivity (Wildman–Crippen MR) is 130 cm³/mol. The van der Waals surface area contributed by atoms with Gasteiger partial charge in [0.25, 0.3) is 15.9 Å². The number of halogens is 1. The molecule has 0 saturated carbocycles. The van der Waals surface area contributed by atoms with Crippen LogP contribution >= 0.6 is 11.6 Å². The Hall–Kier alpha value is -2.45. The number of carbonyl (C=O) groups excluding carboxylic acids is 1. The lowest BCUT2D eigenvalue weighted by molar-refractivity contribution is -0.127. The minimum Gasteiger partial charge on any atom is -0.497 e. The molecular formula is C24H31ClN2O5S. The van der Waals surface area contributed by atoms with Crippen molar-refractivity contribution in [3.8, 4) is 11.5 Å². The summed E-state index contributed by atoms with van der Waals surface area (Å²) in [6.45, 7) is 4.63. The summed E-state index contributed by atoms with van der Waals surface area (Å²) in [6.07, 6.45) is 3.24. The fourth-order valence-electron chi connectivity index (χ4n) is 3.77. The Kier molecular flexibility index (Phi) is 8.48. The number of hydrogen-bond donors (Lipinski definition) is 1. The highest BCUT2D eigenvalue weighted by molar-refractivity contribution is 7.92. The normalized spacial score (nSPS) is 16.5. The number of rotatable bonds is 10. The Morgan fingerprint density at radius 3 is 2.61 bits per heavy atom. The van der Waals surface area contributed by atoms with Gasteiger partial charge in [-0.15, -0.1) is 0 Å². The van der Waals surface area contributed by atoms with Crippen LogP contribution in [0.15, 0.2) is 47.4 Å². The zero-order valence-electron chi connectivity index (χ0n) is 19.2. The van der Waals surface area contributed by atoms with Gasteiger partial charge in [-0.25, -0.2) is 8.42 Å². The monoisotopic (exact) mass is 494 g/mol. The summed E-state index contributed by atoms with van der Waals surface area (Å²) in [5.41, 5.74) is 0.303. The molecule has 1 amide bonds. The summed E-state index contributed by atoms with van der Waals surface area (Å²) >= 11 is 6.15. The minimum absolute atomic E-state index is 0.0842. The second-order valence-electron chi connectivity index (χ2n) is 8.09. The molecule has 0 radical (unpaired) electrons. The van der Waals surface area contributed by atoms with E-state index < -0.39 is 16.1 Å². The summed E-state index contributed by atoms with van der Waals surface area (Å²) in [5, 5.41) is 3.33. The van der Waals surface area contributed by atoms with E-state index in [0.717, 1.165) is 25.7 Å². The van der Waals surface area contributed by atoms with Crippen molar-refractivity contribution in [2.24, 2.45) is 5.92 Å². The molecule has 33 heavy (non-hydrogen) atoms. The van der Waals surface area contributed by atoms with E-state index in [4.69, 9.17) is 21.1 Å². The average Bonchev–Trinajstić information content (AvgIpc) is 2.83. The number of benzene rings is 2. The number of amides is 1. The number of fused-ring (bicyclic) bond motifs is 1. The van der Waals surface area contributed by atoms with E-state index in [0.29, 0.717) is 34.7 Å². The van der Waals surface area contributed by atoms with Gasteiger partial charge in [-0.1, -0.05) is 44.7 Å². The lowest BCUT2D eigenvalue weighted by Crippen LogP contribution is -2.51. The van der Waals surface area contributed by atoms with Gasteiger partial charge in [0, 0.05) is 11.6 Å². The van der Waals surface area contributed by atoms with Crippen LogP contribution in [0, 0.1) is 5.92 Å². The first-order chi connectivity index (χ1) is 15.8. The Bertz CT molecular complexity index is 1060. The maximum Gasteiger partial charge on any atom is 0.264 e. The van der Waals surface area contributed by atoms with Gasteiger partial charge < -0.3 is 14.8 Å². The standard InChI is InChI=1S/C24H31ClN2O5S/c1-4-6-7-17(5-2)15-26-24(28)23-16-27(21-14-18(25)8-13-22(21)32-23)33(29,30)20-11-9-19(31-3)10-12-20/h8-14,17,23H,4-7,15-16H2,1-3H3,(H,26,28)/t17-,23-/m0/s1. The lowest BCUT2D eigenvalue weighted by atomic mass is 9.99. The maximum absolute atomic E-state index is 13.5. The molecule has 2 atom stereocenters. The van der Waals surface area contributed by atoms with Crippen molar-refractivity contribution < 1.29 is 22.7 Å². The van der Waals surface area contributed by atoms with Gasteiger partial charge in [-0.3, -0.25) is 9.10 Å². The molecule has 180 valence electrons. The van der Waals surface area contributed by atoms with Crippen LogP contribution in [0.1, 0.15) is 39.5 Å². The SMILES string of the molecule is CCCC[C@H](CC)CNC(=O)[C@@H]1CN(S(=O)(=O)c2ccc(OC)cc2)c2cc(Cl)ccc2O1. The highest BCUT2D eigenvalue weighted by Crippen LogP contribution is 2.39. The summed E-state index contributed by atoms with van der Waals surface area (Å²) in [5.74, 6) is 0.884.